The summed E-state index contributed by atoms with van der Waals surface area (Å²) in [4.78, 5) is 26.1. The number of benzene rings is 1. The molecule has 2 aromatic heterocycles. The van der Waals surface area contributed by atoms with Crippen LogP contribution >= 0.6 is 27.5 Å². The summed E-state index contributed by atoms with van der Waals surface area (Å²) < 4.78 is 8.96. The third kappa shape index (κ3) is 6.52. The van der Waals surface area contributed by atoms with Gasteiger partial charge in [-0.25, -0.2) is 14.8 Å². The van der Waals surface area contributed by atoms with Gasteiger partial charge in [0.2, 0.25) is 0 Å². The smallest absolute Gasteiger partial charge is 0.410 e. The molecule has 0 bridgehead atoms. The van der Waals surface area contributed by atoms with Gasteiger partial charge in [-0.15, -0.1) is 0 Å². The fourth-order valence-electron chi connectivity index (χ4n) is 5.86. The van der Waals surface area contributed by atoms with Gasteiger partial charge in [-0.2, -0.15) is 0 Å². The molecule has 3 heterocycles. The van der Waals surface area contributed by atoms with Crippen molar-refractivity contribution in [2.45, 2.75) is 58.1 Å². The molecule has 2 atom stereocenters. The normalized spacial score (nSPS) is 20.6. The van der Waals surface area contributed by atoms with Crippen LogP contribution in [0.3, 0.4) is 0 Å². The van der Waals surface area contributed by atoms with E-state index in [2.05, 4.69) is 53.7 Å². The van der Waals surface area contributed by atoms with E-state index in [4.69, 9.17) is 16.3 Å². The van der Waals surface area contributed by atoms with Crippen LogP contribution in [0, 0.1) is 11.8 Å². The molecule has 204 valence electrons. The van der Waals surface area contributed by atoms with Gasteiger partial charge in [-0.05, 0) is 73.9 Å². The van der Waals surface area contributed by atoms with Crippen LogP contribution in [0.5, 0.6) is 0 Å². The van der Waals surface area contributed by atoms with Crippen LogP contribution in [0.4, 0.5) is 4.79 Å². The zero-order valence-corrected chi connectivity index (χ0v) is 24.8. The highest BCUT2D eigenvalue weighted by Gasteiger charge is 2.35. The van der Waals surface area contributed by atoms with Crippen LogP contribution in [0.2, 0.25) is 5.15 Å². The third-order valence-corrected chi connectivity index (χ3v) is 8.50. The maximum atomic E-state index is 13.0. The molecular formula is C29H37BrClN5O2. The van der Waals surface area contributed by atoms with Crippen molar-refractivity contribution in [3.05, 3.63) is 58.0 Å². The standard InChI is InChI=1S/C29H37BrClN5O2/c1-29(2,3)38-28(37)35(12-11-20-7-5-4-6-8-20)17-22-15-34(16-22)14-21-9-10-23(13-21)36-18-24(30)25-26(31)32-19-33-27(25)36/h4-8,18-19,21-23H,9-17H2,1-3H3. The molecule has 9 heteroatoms. The number of amides is 1. The van der Waals surface area contributed by atoms with E-state index in [9.17, 15) is 4.79 Å². The monoisotopic (exact) mass is 601 g/mol. The van der Waals surface area contributed by atoms with Crippen molar-refractivity contribution in [3.8, 4) is 0 Å². The molecule has 1 aliphatic heterocycles. The van der Waals surface area contributed by atoms with E-state index >= 15 is 0 Å². The number of aromatic nitrogens is 3. The van der Waals surface area contributed by atoms with E-state index in [-0.39, 0.29) is 6.09 Å². The molecule has 1 aromatic carbocycles. The number of carbonyl (C=O) groups is 1. The second-order valence-corrected chi connectivity index (χ2v) is 13.0. The lowest BCUT2D eigenvalue weighted by Gasteiger charge is -2.43. The molecular weight excluding hydrogens is 566 g/mol. The fraction of sp³-hybridized carbons (Fsp3) is 0.552. The number of rotatable bonds is 8. The fourth-order valence-corrected chi connectivity index (χ4v) is 6.79. The molecule has 5 rings (SSSR count). The number of hydrogen-bond donors (Lipinski definition) is 0. The lowest BCUT2D eigenvalue weighted by Crippen LogP contribution is -2.54. The van der Waals surface area contributed by atoms with Gasteiger partial charge in [0.05, 0.1) is 5.39 Å². The summed E-state index contributed by atoms with van der Waals surface area (Å²) in [6.07, 6.45) is 7.77. The first-order valence-electron chi connectivity index (χ1n) is 13.6. The van der Waals surface area contributed by atoms with Gasteiger partial charge >= 0.3 is 6.09 Å². The highest BCUT2D eigenvalue weighted by atomic mass is 79.9. The summed E-state index contributed by atoms with van der Waals surface area (Å²) >= 11 is 9.96. The van der Waals surface area contributed by atoms with E-state index in [1.807, 2.05) is 43.9 Å². The first-order chi connectivity index (χ1) is 18.2. The van der Waals surface area contributed by atoms with Crippen molar-refractivity contribution in [2.75, 3.05) is 32.7 Å². The van der Waals surface area contributed by atoms with Gasteiger partial charge in [0.1, 0.15) is 22.7 Å². The number of nitrogens with zero attached hydrogens (tertiary/aromatic N) is 5. The zero-order valence-electron chi connectivity index (χ0n) is 22.4. The highest BCUT2D eigenvalue weighted by molar-refractivity contribution is 9.10. The maximum Gasteiger partial charge on any atom is 0.410 e. The summed E-state index contributed by atoms with van der Waals surface area (Å²) in [5.74, 6) is 1.15. The predicted molar refractivity (Wildman–Crippen MR) is 154 cm³/mol. The first kappa shape index (κ1) is 27.4. The number of hydrogen-bond acceptors (Lipinski definition) is 5. The number of ether oxygens (including phenoxy) is 1. The summed E-state index contributed by atoms with van der Waals surface area (Å²) in [6, 6.07) is 10.8. The Morgan fingerprint density at radius 2 is 1.92 bits per heavy atom. The van der Waals surface area contributed by atoms with Gasteiger partial charge in [0.25, 0.3) is 0 Å². The zero-order chi connectivity index (χ0) is 26.9. The van der Waals surface area contributed by atoms with Crippen molar-refractivity contribution in [1.29, 1.82) is 0 Å². The molecule has 2 unspecified atom stereocenters. The van der Waals surface area contributed by atoms with Crippen LogP contribution in [0.1, 0.15) is 51.6 Å². The molecule has 3 aromatic rings. The van der Waals surface area contributed by atoms with E-state index in [1.54, 1.807) is 6.33 Å². The summed E-state index contributed by atoms with van der Waals surface area (Å²) in [6.45, 7) is 10.4. The summed E-state index contributed by atoms with van der Waals surface area (Å²) in [5, 5.41) is 1.39. The van der Waals surface area contributed by atoms with Gasteiger partial charge in [-0.3, -0.25) is 0 Å². The highest BCUT2D eigenvalue weighted by Crippen LogP contribution is 2.40. The molecule has 0 N–H and O–H groups in total. The van der Waals surface area contributed by atoms with Crippen LogP contribution in [-0.2, 0) is 11.2 Å². The summed E-state index contributed by atoms with van der Waals surface area (Å²) in [7, 11) is 0. The lowest BCUT2D eigenvalue weighted by molar-refractivity contribution is 0.00817. The minimum Gasteiger partial charge on any atom is -0.444 e. The Morgan fingerprint density at radius 1 is 1.16 bits per heavy atom. The molecule has 0 radical (unpaired) electrons. The molecule has 1 amide bonds. The van der Waals surface area contributed by atoms with E-state index < -0.39 is 5.60 Å². The lowest BCUT2D eigenvalue weighted by atomic mass is 9.96. The second kappa shape index (κ2) is 11.5. The number of fused-ring (bicyclic) bond motifs is 1. The molecule has 2 fully saturated rings. The molecule has 0 spiro atoms. The number of likely N-dealkylation sites (tertiary alicyclic amines) is 1. The van der Waals surface area contributed by atoms with Gasteiger partial charge in [0.15, 0.2) is 0 Å². The van der Waals surface area contributed by atoms with Crippen LogP contribution in [-0.4, -0.2) is 68.8 Å². The number of carbonyl (C=O) groups excluding carboxylic acids is 1. The third-order valence-electron chi connectivity index (χ3n) is 7.62. The number of halogens is 2. The first-order valence-corrected chi connectivity index (χ1v) is 14.7. The Labute approximate surface area is 238 Å². The van der Waals surface area contributed by atoms with Crippen molar-refractivity contribution in [1.82, 2.24) is 24.3 Å². The van der Waals surface area contributed by atoms with Crippen LogP contribution in [0.15, 0.2) is 47.3 Å². The topological polar surface area (TPSA) is 63.5 Å². The Hall–Kier alpha value is -2.16. The van der Waals surface area contributed by atoms with Crippen LogP contribution < -0.4 is 0 Å². The second-order valence-electron chi connectivity index (χ2n) is 11.8. The van der Waals surface area contributed by atoms with E-state index in [0.717, 1.165) is 60.9 Å². The van der Waals surface area contributed by atoms with Crippen molar-refractivity contribution >= 4 is 44.7 Å². The average molecular weight is 603 g/mol. The van der Waals surface area contributed by atoms with Gasteiger partial charge in [-0.1, -0.05) is 41.9 Å². The maximum absolute atomic E-state index is 13.0. The van der Waals surface area contributed by atoms with E-state index in [1.165, 1.54) is 12.0 Å². The largest absolute Gasteiger partial charge is 0.444 e. The molecule has 1 aliphatic carbocycles. The van der Waals surface area contributed by atoms with Crippen molar-refractivity contribution in [2.24, 2.45) is 11.8 Å². The van der Waals surface area contributed by atoms with Gasteiger partial charge in [0, 0.05) is 55.4 Å². The van der Waals surface area contributed by atoms with E-state index in [0.29, 0.717) is 29.6 Å². The minimum atomic E-state index is -0.495. The molecule has 2 aliphatic rings. The molecule has 1 saturated heterocycles. The van der Waals surface area contributed by atoms with Crippen molar-refractivity contribution < 1.29 is 9.53 Å². The minimum absolute atomic E-state index is 0.209. The Balaban J connectivity index is 1.13. The quantitative estimate of drug-likeness (QED) is 0.272. The Morgan fingerprint density at radius 3 is 2.66 bits per heavy atom. The molecule has 38 heavy (non-hydrogen) atoms. The van der Waals surface area contributed by atoms with Crippen molar-refractivity contribution in [3.63, 3.8) is 0 Å². The predicted octanol–water partition coefficient (Wildman–Crippen LogP) is 6.60. The molecule has 1 saturated carbocycles. The Bertz CT molecular complexity index is 1260. The average Bonchev–Trinajstić information content (AvgIpc) is 3.44. The van der Waals surface area contributed by atoms with Crippen LogP contribution in [0.25, 0.3) is 11.0 Å². The SMILES string of the molecule is CC(C)(C)OC(=O)N(CCc1ccccc1)CC1CN(CC2CCC(n3cc(Br)c4c(Cl)ncnc43)C2)C1. The molecule has 7 nitrogen and oxygen atoms in total. The summed E-state index contributed by atoms with van der Waals surface area (Å²) in [5.41, 5.74) is 1.65. The Kier molecular flexibility index (Phi) is 8.31. The van der Waals surface area contributed by atoms with Gasteiger partial charge < -0.3 is 19.1 Å².